The number of thiazole rings is 1. The second-order valence-electron chi connectivity index (χ2n) is 5.67. The molecule has 134 valence electrons. The van der Waals surface area contributed by atoms with Gasteiger partial charge < -0.3 is 10.1 Å². The van der Waals surface area contributed by atoms with E-state index < -0.39 is 0 Å². The molecule has 0 aliphatic heterocycles. The summed E-state index contributed by atoms with van der Waals surface area (Å²) in [6.45, 7) is 4.31. The second kappa shape index (κ2) is 8.10. The largest absolute Gasteiger partial charge is 0.492 e. The van der Waals surface area contributed by atoms with Crippen molar-refractivity contribution in [1.82, 2.24) is 4.98 Å². The van der Waals surface area contributed by atoms with Crippen LogP contribution in [0.3, 0.4) is 0 Å². The summed E-state index contributed by atoms with van der Waals surface area (Å²) in [6.07, 6.45) is 0.193. The van der Waals surface area contributed by atoms with Crippen molar-refractivity contribution in [2.75, 3.05) is 11.9 Å². The standard InChI is InChI=1S/C20H19FN2O2S/c1-3-25-17-7-5-4-6-16(17)23-19(24)12-18-20(22-13(2)26-18)14-8-10-15(21)11-9-14/h4-11H,3,12H2,1-2H3,(H,23,24). The molecule has 0 saturated heterocycles. The van der Waals surface area contributed by atoms with Gasteiger partial charge in [-0.2, -0.15) is 0 Å². The molecule has 0 aliphatic carbocycles. The summed E-state index contributed by atoms with van der Waals surface area (Å²) >= 11 is 1.47. The van der Waals surface area contributed by atoms with Crippen LogP contribution in [0.1, 0.15) is 16.8 Å². The average Bonchev–Trinajstić information content (AvgIpc) is 2.97. The van der Waals surface area contributed by atoms with Gasteiger partial charge in [0.15, 0.2) is 0 Å². The summed E-state index contributed by atoms with van der Waals surface area (Å²) in [5, 5.41) is 3.76. The normalized spacial score (nSPS) is 10.6. The summed E-state index contributed by atoms with van der Waals surface area (Å²) < 4.78 is 18.7. The third-order valence-electron chi connectivity index (χ3n) is 3.70. The van der Waals surface area contributed by atoms with E-state index >= 15 is 0 Å². The van der Waals surface area contributed by atoms with Gasteiger partial charge in [0.2, 0.25) is 5.91 Å². The molecule has 4 nitrogen and oxygen atoms in total. The predicted molar refractivity (Wildman–Crippen MR) is 102 cm³/mol. The number of anilines is 1. The molecule has 0 saturated carbocycles. The molecule has 26 heavy (non-hydrogen) atoms. The van der Waals surface area contributed by atoms with Gasteiger partial charge in [-0.1, -0.05) is 12.1 Å². The fourth-order valence-electron chi connectivity index (χ4n) is 2.61. The molecule has 0 radical (unpaired) electrons. The van der Waals surface area contributed by atoms with E-state index in [1.807, 2.05) is 38.1 Å². The lowest BCUT2D eigenvalue weighted by molar-refractivity contribution is -0.115. The maximum atomic E-state index is 13.2. The topological polar surface area (TPSA) is 51.2 Å². The first-order valence-electron chi connectivity index (χ1n) is 8.30. The number of carbonyl (C=O) groups is 1. The Bertz CT molecular complexity index is 906. The fraction of sp³-hybridized carbons (Fsp3) is 0.200. The minimum Gasteiger partial charge on any atom is -0.492 e. The van der Waals surface area contributed by atoms with Crippen LogP contribution in [0.25, 0.3) is 11.3 Å². The van der Waals surface area contributed by atoms with Crippen LogP contribution in [-0.2, 0) is 11.2 Å². The third-order valence-corrected chi connectivity index (χ3v) is 4.67. The van der Waals surface area contributed by atoms with Crippen molar-refractivity contribution in [2.24, 2.45) is 0 Å². The van der Waals surface area contributed by atoms with Gasteiger partial charge in [0.05, 0.1) is 29.4 Å². The third kappa shape index (κ3) is 4.26. The molecule has 1 amide bonds. The number of ether oxygens (including phenoxy) is 1. The summed E-state index contributed by atoms with van der Waals surface area (Å²) in [5.41, 5.74) is 2.16. The average molecular weight is 370 g/mol. The zero-order valence-electron chi connectivity index (χ0n) is 14.6. The van der Waals surface area contributed by atoms with E-state index in [1.54, 1.807) is 12.1 Å². The number of nitrogens with one attached hydrogen (secondary N) is 1. The maximum Gasteiger partial charge on any atom is 0.229 e. The highest BCUT2D eigenvalue weighted by Crippen LogP contribution is 2.29. The van der Waals surface area contributed by atoms with Gasteiger partial charge in [-0.25, -0.2) is 9.37 Å². The molecule has 1 aromatic heterocycles. The highest BCUT2D eigenvalue weighted by molar-refractivity contribution is 7.12. The van der Waals surface area contributed by atoms with E-state index in [2.05, 4.69) is 10.3 Å². The van der Waals surface area contributed by atoms with Crippen molar-refractivity contribution in [3.8, 4) is 17.0 Å². The molecule has 0 fully saturated rings. The molecule has 0 spiro atoms. The number of benzene rings is 2. The van der Waals surface area contributed by atoms with Gasteiger partial charge in [0.25, 0.3) is 0 Å². The summed E-state index contributed by atoms with van der Waals surface area (Å²) in [4.78, 5) is 17.9. The van der Waals surface area contributed by atoms with E-state index in [4.69, 9.17) is 4.74 Å². The zero-order valence-corrected chi connectivity index (χ0v) is 15.4. The minimum atomic E-state index is -0.299. The monoisotopic (exact) mass is 370 g/mol. The smallest absolute Gasteiger partial charge is 0.229 e. The van der Waals surface area contributed by atoms with Gasteiger partial charge in [-0.05, 0) is 50.2 Å². The number of amides is 1. The van der Waals surface area contributed by atoms with Gasteiger partial charge in [0.1, 0.15) is 11.6 Å². The van der Waals surface area contributed by atoms with Crippen molar-refractivity contribution in [1.29, 1.82) is 0 Å². The van der Waals surface area contributed by atoms with E-state index in [0.29, 0.717) is 18.0 Å². The molecule has 6 heteroatoms. The Balaban J connectivity index is 1.79. The molecular weight excluding hydrogens is 351 g/mol. The Hall–Kier alpha value is -2.73. The lowest BCUT2D eigenvalue weighted by Gasteiger charge is -2.11. The SMILES string of the molecule is CCOc1ccccc1NC(=O)Cc1sc(C)nc1-c1ccc(F)cc1. The molecule has 0 unspecified atom stereocenters. The molecule has 3 aromatic rings. The predicted octanol–water partition coefficient (Wildman–Crippen LogP) is 4.84. The van der Waals surface area contributed by atoms with E-state index in [-0.39, 0.29) is 18.1 Å². The minimum absolute atomic E-state index is 0.149. The van der Waals surface area contributed by atoms with Crippen molar-refractivity contribution >= 4 is 22.9 Å². The number of aryl methyl sites for hydroxylation is 1. The van der Waals surface area contributed by atoms with E-state index in [1.165, 1.54) is 23.5 Å². The summed E-state index contributed by atoms with van der Waals surface area (Å²) in [6, 6.07) is 13.5. The van der Waals surface area contributed by atoms with Crippen LogP contribution in [0.15, 0.2) is 48.5 Å². The number of halogens is 1. The Labute approximate surface area is 155 Å². The van der Waals surface area contributed by atoms with Crippen molar-refractivity contribution in [3.63, 3.8) is 0 Å². The summed E-state index contributed by atoms with van der Waals surface area (Å²) in [7, 11) is 0. The quantitative estimate of drug-likeness (QED) is 0.676. The molecule has 2 aromatic carbocycles. The Kier molecular flexibility index (Phi) is 5.63. The van der Waals surface area contributed by atoms with Crippen molar-refractivity contribution in [3.05, 3.63) is 64.2 Å². The Morgan fingerprint density at radius 3 is 2.65 bits per heavy atom. The summed E-state index contributed by atoms with van der Waals surface area (Å²) in [5.74, 6) is 0.194. The molecular formula is C20H19FN2O2S. The molecule has 0 atom stereocenters. The van der Waals surface area contributed by atoms with Crippen LogP contribution in [0.4, 0.5) is 10.1 Å². The van der Waals surface area contributed by atoms with Crippen LogP contribution >= 0.6 is 11.3 Å². The zero-order chi connectivity index (χ0) is 18.5. The number of carbonyl (C=O) groups excluding carboxylic acids is 1. The number of aromatic nitrogens is 1. The second-order valence-corrected chi connectivity index (χ2v) is 6.95. The number of nitrogens with zero attached hydrogens (tertiary/aromatic N) is 1. The van der Waals surface area contributed by atoms with Crippen LogP contribution in [0.5, 0.6) is 5.75 Å². The highest BCUT2D eigenvalue weighted by Gasteiger charge is 2.16. The first kappa shape index (κ1) is 18.1. The van der Waals surface area contributed by atoms with E-state index in [9.17, 15) is 9.18 Å². The lowest BCUT2D eigenvalue weighted by atomic mass is 10.1. The van der Waals surface area contributed by atoms with Gasteiger partial charge in [0, 0.05) is 10.4 Å². The van der Waals surface area contributed by atoms with Crippen LogP contribution in [0.2, 0.25) is 0 Å². The van der Waals surface area contributed by atoms with E-state index in [0.717, 1.165) is 21.1 Å². The van der Waals surface area contributed by atoms with Crippen LogP contribution in [-0.4, -0.2) is 17.5 Å². The van der Waals surface area contributed by atoms with Crippen molar-refractivity contribution < 1.29 is 13.9 Å². The first-order valence-corrected chi connectivity index (χ1v) is 9.12. The van der Waals surface area contributed by atoms with Crippen LogP contribution in [0, 0.1) is 12.7 Å². The maximum absolute atomic E-state index is 13.2. The lowest BCUT2D eigenvalue weighted by Crippen LogP contribution is -2.15. The fourth-order valence-corrected chi connectivity index (χ4v) is 3.57. The number of rotatable bonds is 6. The highest BCUT2D eigenvalue weighted by atomic mass is 32.1. The Morgan fingerprint density at radius 1 is 1.19 bits per heavy atom. The number of hydrogen-bond acceptors (Lipinski definition) is 4. The van der Waals surface area contributed by atoms with Crippen LogP contribution < -0.4 is 10.1 Å². The van der Waals surface area contributed by atoms with Gasteiger partial charge in [-0.15, -0.1) is 11.3 Å². The number of hydrogen-bond donors (Lipinski definition) is 1. The van der Waals surface area contributed by atoms with Crippen molar-refractivity contribution in [2.45, 2.75) is 20.3 Å². The molecule has 0 aliphatic rings. The molecule has 1 heterocycles. The van der Waals surface area contributed by atoms with Gasteiger partial charge >= 0.3 is 0 Å². The van der Waals surface area contributed by atoms with Gasteiger partial charge in [-0.3, -0.25) is 4.79 Å². The molecule has 1 N–H and O–H groups in total. The Morgan fingerprint density at radius 2 is 1.92 bits per heavy atom. The number of para-hydroxylation sites is 2. The molecule has 3 rings (SSSR count). The molecule has 0 bridgehead atoms. The first-order chi connectivity index (χ1) is 12.6.